The molecule has 1 rings (SSSR count). The third kappa shape index (κ3) is 4.25. The van der Waals surface area contributed by atoms with E-state index in [0.717, 1.165) is 4.58 Å². The van der Waals surface area contributed by atoms with Crippen LogP contribution in [0.4, 0.5) is 0 Å². The molecule has 1 fully saturated rings. The Labute approximate surface area is 87.4 Å². The van der Waals surface area contributed by atoms with Gasteiger partial charge in [-0.15, -0.1) is 35.3 Å². The maximum absolute atomic E-state index is 4.51. The van der Waals surface area contributed by atoms with Crippen molar-refractivity contribution in [1.82, 2.24) is 0 Å². The van der Waals surface area contributed by atoms with E-state index < -0.39 is 0 Å². The summed E-state index contributed by atoms with van der Waals surface area (Å²) in [6, 6.07) is 0. The fourth-order valence-corrected chi connectivity index (χ4v) is 6.34. The van der Waals surface area contributed by atoms with Crippen molar-refractivity contribution in [2.75, 3.05) is 10.2 Å². The topological polar surface area (TPSA) is 0 Å². The van der Waals surface area contributed by atoms with Gasteiger partial charge >= 0.3 is 0 Å². The van der Waals surface area contributed by atoms with Crippen molar-refractivity contribution < 1.29 is 0 Å². The van der Waals surface area contributed by atoms with Gasteiger partial charge in [-0.1, -0.05) is 6.92 Å². The van der Waals surface area contributed by atoms with Crippen molar-refractivity contribution in [3.8, 4) is 0 Å². The molecule has 0 aliphatic carbocycles. The smallest absolute Gasteiger partial charge is 0.0529 e. The van der Waals surface area contributed by atoms with Crippen LogP contribution < -0.4 is 0 Å². The quantitative estimate of drug-likeness (QED) is 0.732. The van der Waals surface area contributed by atoms with E-state index in [0.29, 0.717) is 5.25 Å². The summed E-state index contributed by atoms with van der Waals surface area (Å²) in [6.45, 7) is 2.21. The molecule has 1 aliphatic rings. The Balaban J connectivity index is 2.13. The fraction of sp³-hybridized carbons (Fsp3) is 1.00. The van der Waals surface area contributed by atoms with Crippen LogP contribution in [0.25, 0.3) is 0 Å². The summed E-state index contributed by atoms with van der Waals surface area (Å²) in [6.07, 6.45) is 2.48. The Kier molecular flexibility index (Phi) is 5.67. The Bertz CT molecular complexity index is 101. The van der Waals surface area contributed by atoms with Crippen LogP contribution in [0, 0.1) is 0 Å². The van der Waals surface area contributed by atoms with Crippen LogP contribution in [-0.4, -0.2) is 20.0 Å². The first-order valence-corrected chi connectivity index (χ1v) is 7.58. The van der Waals surface area contributed by atoms with Crippen molar-refractivity contribution in [1.29, 1.82) is 0 Å². The van der Waals surface area contributed by atoms with E-state index in [2.05, 4.69) is 43.1 Å². The Hall–Kier alpha value is 1.40. The normalized spacial score (nSPS) is 23.5. The molecule has 0 nitrogen and oxygen atoms in total. The van der Waals surface area contributed by atoms with E-state index >= 15 is 0 Å². The minimum absolute atomic E-state index is 0.614. The fourth-order valence-electron chi connectivity index (χ4n) is 0.855. The first kappa shape index (κ1) is 10.5. The summed E-state index contributed by atoms with van der Waals surface area (Å²) in [4.78, 5) is 0. The molecule has 1 aliphatic heterocycles. The average molecular weight is 226 g/mol. The van der Waals surface area contributed by atoms with Gasteiger partial charge in [0.25, 0.3) is 0 Å². The third-order valence-electron chi connectivity index (χ3n) is 1.61. The molecule has 0 aromatic heterocycles. The lowest BCUT2D eigenvalue weighted by atomic mass is 10.3. The van der Waals surface area contributed by atoms with Gasteiger partial charge < -0.3 is 0 Å². The summed E-state index contributed by atoms with van der Waals surface area (Å²) in [5, 5.41) is 3.17. The standard InChI is InChI=1S/C7H14S4/c1-2-6(8)3-7-10-4-9-5-11-7/h6-8H,2-5H2,1H3. The molecule has 0 radical (unpaired) electrons. The van der Waals surface area contributed by atoms with Crippen molar-refractivity contribution in [3.63, 3.8) is 0 Å². The molecule has 1 saturated heterocycles. The molecule has 0 aromatic carbocycles. The third-order valence-corrected chi connectivity index (χ3v) is 6.55. The molecule has 0 bridgehead atoms. The first-order chi connectivity index (χ1) is 5.33. The highest BCUT2D eigenvalue weighted by Crippen LogP contribution is 2.39. The zero-order valence-electron chi connectivity index (χ0n) is 6.66. The van der Waals surface area contributed by atoms with Gasteiger partial charge in [0, 0.05) is 15.4 Å². The van der Waals surface area contributed by atoms with Crippen molar-refractivity contribution >= 4 is 47.9 Å². The van der Waals surface area contributed by atoms with E-state index in [1.54, 1.807) is 0 Å². The highest BCUT2D eigenvalue weighted by Gasteiger charge is 2.16. The molecule has 11 heavy (non-hydrogen) atoms. The lowest BCUT2D eigenvalue weighted by Crippen LogP contribution is -2.09. The average Bonchev–Trinajstić information content (AvgIpc) is 2.06. The van der Waals surface area contributed by atoms with Crippen LogP contribution in [0.5, 0.6) is 0 Å². The number of hydrogen-bond acceptors (Lipinski definition) is 4. The van der Waals surface area contributed by atoms with Crippen LogP contribution in [0.2, 0.25) is 0 Å². The molecule has 66 valence electrons. The maximum Gasteiger partial charge on any atom is 0.0529 e. The van der Waals surface area contributed by atoms with E-state index in [1.165, 1.54) is 23.0 Å². The molecule has 1 atom stereocenters. The molecule has 0 saturated carbocycles. The first-order valence-electron chi connectivity index (χ1n) is 3.82. The molecule has 1 heterocycles. The Morgan fingerprint density at radius 3 is 2.64 bits per heavy atom. The van der Waals surface area contributed by atoms with Gasteiger partial charge in [0.2, 0.25) is 0 Å². The van der Waals surface area contributed by atoms with Gasteiger partial charge in [0.15, 0.2) is 0 Å². The lowest BCUT2D eigenvalue weighted by Gasteiger charge is -2.22. The van der Waals surface area contributed by atoms with Gasteiger partial charge in [-0.3, -0.25) is 0 Å². The van der Waals surface area contributed by atoms with Crippen molar-refractivity contribution in [2.24, 2.45) is 0 Å². The van der Waals surface area contributed by atoms with Crippen LogP contribution in [0.1, 0.15) is 19.8 Å². The summed E-state index contributed by atoms with van der Waals surface area (Å²) >= 11 is 10.7. The van der Waals surface area contributed by atoms with Crippen LogP contribution in [0.3, 0.4) is 0 Å². The minimum Gasteiger partial charge on any atom is -0.176 e. The molecule has 0 amide bonds. The monoisotopic (exact) mass is 226 g/mol. The van der Waals surface area contributed by atoms with Crippen molar-refractivity contribution in [2.45, 2.75) is 29.6 Å². The zero-order chi connectivity index (χ0) is 8.10. The molecule has 0 spiro atoms. The van der Waals surface area contributed by atoms with E-state index in [-0.39, 0.29) is 0 Å². The number of rotatable bonds is 3. The second-order valence-corrected chi connectivity index (χ2v) is 7.63. The van der Waals surface area contributed by atoms with E-state index in [4.69, 9.17) is 0 Å². The highest BCUT2D eigenvalue weighted by molar-refractivity contribution is 8.32. The predicted molar refractivity (Wildman–Crippen MR) is 64.0 cm³/mol. The molecular weight excluding hydrogens is 212 g/mol. The van der Waals surface area contributed by atoms with Gasteiger partial charge in [0.05, 0.1) is 4.58 Å². The van der Waals surface area contributed by atoms with Gasteiger partial charge in [0.1, 0.15) is 0 Å². The molecule has 4 heteroatoms. The molecule has 0 aromatic rings. The van der Waals surface area contributed by atoms with E-state index in [9.17, 15) is 0 Å². The Morgan fingerprint density at radius 1 is 1.45 bits per heavy atom. The van der Waals surface area contributed by atoms with Gasteiger partial charge in [-0.25, -0.2) is 0 Å². The van der Waals surface area contributed by atoms with Crippen molar-refractivity contribution in [3.05, 3.63) is 0 Å². The lowest BCUT2D eigenvalue weighted by molar-refractivity contribution is 0.789. The zero-order valence-corrected chi connectivity index (χ0v) is 10.00. The molecule has 0 N–H and O–H groups in total. The van der Waals surface area contributed by atoms with Gasteiger partial charge in [-0.05, 0) is 12.8 Å². The molecular formula is C7H14S4. The summed E-state index contributed by atoms with van der Waals surface area (Å²) in [7, 11) is 0. The number of thioether (sulfide) groups is 3. The number of hydrogen-bond donors (Lipinski definition) is 1. The largest absolute Gasteiger partial charge is 0.176 e. The summed E-state index contributed by atoms with van der Waals surface area (Å²) in [5.41, 5.74) is 0. The second-order valence-electron chi connectivity index (χ2n) is 2.50. The summed E-state index contributed by atoms with van der Waals surface area (Å²) in [5.74, 6) is 0. The number of thiol groups is 1. The van der Waals surface area contributed by atoms with Crippen LogP contribution >= 0.6 is 47.9 Å². The second kappa shape index (κ2) is 5.95. The highest BCUT2D eigenvalue weighted by atomic mass is 32.3. The van der Waals surface area contributed by atoms with Gasteiger partial charge in [-0.2, -0.15) is 12.6 Å². The summed E-state index contributed by atoms with van der Waals surface area (Å²) < 4.78 is 0.818. The SMILES string of the molecule is CCC(S)CC1SCSCS1. The van der Waals surface area contributed by atoms with E-state index in [1.807, 2.05) is 11.8 Å². The van der Waals surface area contributed by atoms with Crippen LogP contribution in [-0.2, 0) is 0 Å². The molecule has 1 unspecified atom stereocenters. The minimum atomic E-state index is 0.614. The predicted octanol–water partition coefficient (Wildman–Crippen LogP) is 3.54. The van der Waals surface area contributed by atoms with Crippen LogP contribution in [0.15, 0.2) is 0 Å². The maximum atomic E-state index is 4.51. The Morgan fingerprint density at radius 2 is 2.09 bits per heavy atom.